The van der Waals surface area contributed by atoms with E-state index >= 15 is 0 Å². The molecule has 1 unspecified atom stereocenters. The lowest BCUT2D eigenvalue weighted by Gasteiger charge is -2.36. The highest BCUT2D eigenvalue weighted by atomic mass is 16.5. The van der Waals surface area contributed by atoms with Crippen LogP contribution < -0.4 is 0 Å². The van der Waals surface area contributed by atoms with Gasteiger partial charge >= 0.3 is 5.97 Å². The van der Waals surface area contributed by atoms with Gasteiger partial charge in [-0.2, -0.15) is 0 Å². The lowest BCUT2D eigenvalue weighted by Crippen LogP contribution is -2.45. The van der Waals surface area contributed by atoms with E-state index in [9.17, 15) is 4.79 Å². The zero-order chi connectivity index (χ0) is 39.8. The summed E-state index contributed by atoms with van der Waals surface area (Å²) in [6.07, 6.45) is -21.1. The minimum absolute atomic E-state index is 0.367. The molecule has 1 fully saturated rings. The first-order valence-corrected chi connectivity index (χ1v) is 7.09. The van der Waals surface area contributed by atoms with Crippen LogP contribution in [-0.2, 0) is 15.1 Å². The van der Waals surface area contributed by atoms with Gasteiger partial charge in [0.1, 0.15) is 0 Å². The smallest absolute Gasteiger partial charge is 0.344 e. The van der Waals surface area contributed by atoms with E-state index in [1.54, 1.807) is 11.8 Å². The van der Waals surface area contributed by atoms with E-state index in [0.717, 1.165) is 24.3 Å². The number of aliphatic hydroxyl groups is 1. The second-order valence-electron chi connectivity index (χ2n) is 4.65. The van der Waals surface area contributed by atoms with Crippen molar-refractivity contribution < 1.29 is 46.2 Å². The Labute approximate surface area is 191 Å². The number of carbonyl (C=O) groups is 1. The van der Waals surface area contributed by atoms with Crippen LogP contribution in [-0.4, -0.2) is 43.5 Å². The highest BCUT2D eigenvalue weighted by molar-refractivity contribution is 5.81. The van der Waals surface area contributed by atoms with E-state index in [4.69, 9.17) is 33.0 Å². The van der Waals surface area contributed by atoms with Crippen molar-refractivity contribution in [2.45, 2.75) is 51.2 Å². The standard InChI is InChI=1S/C22H31NO3/c1-3-23(4-2)17-11-12-18-26-21(24)22(25,19-13-7-5-8-14-19)20-15-9-6-10-16-20/h5,7-8,13-14,20,25H,3-4,6,9-10,15-18H2,1-2H3/i1D3,2D3,3D2,4D2,6D2,9D2,10D2,15D2,16D2,18D2,20D,25D. The summed E-state index contributed by atoms with van der Waals surface area (Å²) in [6, 6.07) is 5.00. The SMILES string of the molecule is [2H]OC(C(=O)OC([2H])([2H])C#CCN(C([2H])([2H])C([2H])([2H])[2H])C([2H])([2H])C([2H])([2H])[2H])(c1ccccc1)C1([2H])C([2H])([2H])C([2H])([2H])C([2H])([2H])C([2H])([2H])C1([2H])[2H]. The summed E-state index contributed by atoms with van der Waals surface area (Å²) in [5, 5.41) is 4.51. The number of benzene rings is 1. The highest BCUT2D eigenvalue weighted by Gasteiger charge is 2.46. The fourth-order valence-electron chi connectivity index (χ4n) is 1.87. The van der Waals surface area contributed by atoms with Crippen molar-refractivity contribution in [3.8, 4) is 11.8 Å². The summed E-state index contributed by atoms with van der Waals surface area (Å²) in [4.78, 5) is 13.6. The van der Waals surface area contributed by atoms with E-state index < -0.39 is 94.7 Å². The molecule has 1 saturated carbocycles. The molecule has 1 N–H and O–H groups in total. The van der Waals surface area contributed by atoms with Gasteiger partial charge in [0.2, 0.25) is 1.43 Å². The van der Waals surface area contributed by atoms with E-state index in [-0.39, 0.29) is 4.90 Å². The third-order valence-corrected chi connectivity index (χ3v) is 3.11. The van der Waals surface area contributed by atoms with Gasteiger partial charge in [-0.3, -0.25) is 4.90 Å². The van der Waals surface area contributed by atoms with Crippen molar-refractivity contribution in [2.75, 3.05) is 26.1 Å². The zero-order valence-electron chi connectivity index (χ0n) is 37.3. The molecule has 0 amide bonds. The molecule has 1 atom stereocenters. The largest absolute Gasteiger partial charge is 0.450 e. The molecule has 0 aliphatic heterocycles. The predicted octanol–water partition coefficient (Wildman–Crippen LogP) is 3.34. The quantitative estimate of drug-likeness (QED) is 0.554. The number of hydrogen-bond acceptors (Lipinski definition) is 4. The average Bonchev–Trinajstić information content (AvgIpc) is 2.93. The Bertz CT molecular complexity index is 1430. The summed E-state index contributed by atoms with van der Waals surface area (Å²) in [6.45, 7) is -20.2. The second kappa shape index (κ2) is 10.4. The minimum atomic E-state index is -4.41. The van der Waals surface area contributed by atoms with E-state index in [1.165, 1.54) is 6.07 Å². The van der Waals surface area contributed by atoms with Crippen molar-refractivity contribution in [3.63, 3.8) is 0 Å². The number of hydrogen-bond donors (Lipinski definition) is 1. The molecule has 0 bridgehead atoms. The van der Waals surface area contributed by atoms with Crippen LogP contribution in [0.5, 0.6) is 0 Å². The van der Waals surface area contributed by atoms with E-state index in [1.807, 2.05) is 0 Å². The Kier molecular flexibility index (Phi) is 2.14. The Morgan fingerprint density at radius 2 is 2.12 bits per heavy atom. The summed E-state index contributed by atoms with van der Waals surface area (Å²) in [5.41, 5.74) is -4.92. The maximum atomic E-state index is 14.0. The fraction of sp³-hybridized carbons (Fsp3) is 0.591. The van der Waals surface area contributed by atoms with Gasteiger partial charge in [0, 0.05) is 34.7 Å². The maximum Gasteiger partial charge on any atom is 0.344 e. The number of nitrogens with zero attached hydrogens (tertiary/aromatic N) is 1. The first kappa shape index (κ1) is 5.37. The predicted molar refractivity (Wildman–Crippen MR) is 103 cm³/mol. The van der Waals surface area contributed by atoms with E-state index in [2.05, 4.69) is 9.85 Å². The Hall–Kier alpha value is -1.83. The van der Waals surface area contributed by atoms with Crippen LogP contribution in [0.25, 0.3) is 0 Å². The van der Waals surface area contributed by atoms with Gasteiger partial charge in [-0.25, -0.2) is 4.79 Å². The van der Waals surface area contributed by atoms with Gasteiger partial charge < -0.3 is 9.85 Å². The van der Waals surface area contributed by atoms with Gasteiger partial charge in [0.05, 0.1) is 9.29 Å². The van der Waals surface area contributed by atoms with Crippen LogP contribution in [0.1, 0.15) is 82.7 Å². The van der Waals surface area contributed by atoms with Gasteiger partial charge in [-0.15, -0.1) is 0 Å². The first-order valence-electron chi connectivity index (χ1n) is 19.0. The molecular weight excluding hydrogens is 326 g/mol. The molecule has 4 nitrogen and oxygen atoms in total. The lowest BCUT2D eigenvalue weighted by molar-refractivity contribution is -0.174. The Morgan fingerprint density at radius 3 is 2.77 bits per heavy atom. The molecule has 142 valence electrons. The van der Waals surface area contributed by atoms with Gasteiger partial charge in [-0.1, -0.05) is 75.0 Å². The molecular formula is C22H31NO3. The van der Waals surface area contributed by atoms with Crippen LogP contribution in [0, 0.1) is 17.7 Å². The summed E-state index contributed by atoms with van der Waals surface area (Å²) < 4.78 is 197. The normalized spacial score (nSPS) is 44.3. The lowest BCUT2D eigenvalue weighted by atomic mass is 9.73. The highest BCUT2D eigenvalue weighted by Crippen LogP contribution is 2.40. The Balaban J connectivity index is 2.87. The van der Waals surface area contributed by atoms with Gasteiger partial charge in [0.15, 0.2) is 12.2 Å². The molecule has 2 rings (SSSR count). The molecule has 0 aromatic heterocycles. The van der Waals surface area contributed by atoms with Crippen LogP contribution in [0.4, 0.5) is 0 Å². The number of rotatable bonds is 8. The molecule has 1 aliphatic carbocycles. The zero-order valence-corrected chi connectivity index (χ0v) is 13.3. The molecule has 4 heteroatoms. The molecule has 0 heterocycles. The molecule has 0 saturated heterocycles. The number of esters is 1. The average molecular weight is 382 g/mol. The van der Waals surface area contributed by atoms with Crippen molar-refractivity contribution in [1.82, 2.24) is 4.90 Å². The molecule has 1 aromatic carbocycles. The molecule has 26 heavy (non-hydrogen) atoms. The summed E-state index contributed by atoms with van der Waals surface area (Å²) in [5.74, 6) is -3.53. The van der Waals surface area contributed by atoms with Gasteiger partial charge in [-0.05, 0) is 31.3 Å². The molecule has 0 spiro atoms. The van der Waals surface area contributed by atoms with Crippen molar-refractivity contribution in [3.05, 3.63) is 35.9 Å². The summed E-state index contributed by atoms with van der Waals surface area (Å²) in [7, 11) is 0. The fourth-order valence-corrected chi connectivity index (χ4v) is 1.87. The van der Waals surface area contributed by atoms with Crippen LogP contribution in [0.15, 0.2) is 30.3 Å². The van der Waals surface area contributed by atoms with Crippen molar-refractivity contribution >= 4 is 5.97 Å². The van der Waals surface area contributed by atoms with Gasteiger partial charge in [0.25, 0.3) is 0 Å². The third-order valence-electron chi connectivity index (χ3n) is 3.11. The maximum absolute atomic E-state index is 14.0. The number of ether oxygens (including phenoxy) is 1. The number of carbonyl (C=O) groups excluding carboxylic acids is 1. The van der Waals surface area contributed by atoms with Crippen LogP contribution in [0.2, 0.25) is 0 Å². The topological polar surface area (TPSA) is 49.8 Å². The minimum Gasteiger partial charge on any atom is -0.450 e. The molecule has 1 aliphatic rings. The van der Waals surface area contributed by atoms with E-state index in [0.29, 0.717) is 0 Å². The molecule has 0 radical (unpaired) electrons. The van der Waals surface area contributed by atoms with Crippen LogP contribution >= 0.6 is 0 Å². The molecule has 1 aromatic rings. The van der Waals surface area contributed by atoms with Crippen molar-refractivity contribution in [2.24, 2.45) is 5.89 Å². The summed E-state index contributed by atoms with van der Waals surface area (Å²) >= 11 is 0. The van der Waals surface area contributed by atoms with Crippen LogP contribution in [0.3, 0.4) is 0 Å². The third kappa shape index (κ3) is 5.09. The monoisotopic (exact) mass is 381 g/mol. The Morgan fingerprint density at radius 1 is 1.38 bits per heavy atom. The first-order chi connectivity index (χ1) is 21.9. The second-order valence-corrected chi connectivity index (χ2v) is 4.65. The van der Waals surface area contributed by atoms with Crippen molar-refractivity contribution in [1.29, 1.82) is 1.43 Å².